The van der Waals surface area contributed by atoms with Gasteiger partial charge in [0, 0.05) is 4.47 Å². The van der Waals surface area contributed by atoms with Crippen molar-refractivity contribution in [2.75, 3.05) is 4.90 Å². The molecule has 114 valence electrons. The van der Waals surface area contributed by atoms with E-state index in [-0.39, 0.29) is 5.57 Å². The maximum Gasteiger partial charge on any atom is 0.335 e. The zero-order valence-corrected chi connectivity index (χ0v) is 13.4. The predicted octanol–water partition coefficient (Wildman–Crippen LogP) is 3.12. The number of anilines is 1. The zero-order valence-electron chi connectivity index (χ0n) is 11.8. The van der Waals surface area contributed by atoms with Gasteiger partial charge in [0.15, 0.2) is 0 Å². The van der Waals surface area contributed by atoms with Gasteiger partial charge in [-0.2, -0.15) is 0 Å². The lowest BCUT2D eigenvalue weighted by atomic mass is 10.1. The predicted molar refractivity (Wildman–Crippen MR) is 89.6 cm³/mol. The van der Waals surface area contributed by atoms with E-state index in [9.17, 15) is 14.4 Å². The molecular weight excluding hydrogens is 360 g/mol. The number of hydrogen-bond donors (Lipinski definition) is 1. The van der Waals surface area contributed by atoms with Gasteiger partial charge in [-0.15, -0.1) is 0 Å². The number of carbonyl (C=O) groups excluding carboxylic acids is 3. The van der Waals surface area contributed by atoms with Crippen molar-refractivity contribution in [1.29, 1.82) is 0 Å². The molecule has 2 aromatic rings. The van der Waals surface area contributed by atoms with Crippen molar-refractivity contribution in [3.8, 4) is 0 Å². The van der Waals surface area contributed by atoms with Crippen LogP contribution < -0.4 is 10.2 Å². The fourth-order valence-electron chi connectivity index (χ4n) is 2.22. The van der Waals surface area contributed by atoms with Crippen LogP contribution >= 0.6 is 15.9 Å². The van der Waals surface area contributed by atoms with Crippen molar-refractivity contribution in [3.63, 3.8) is 0 Å². The van der Waals surface area contributed by atoms with Gasteiger partial charge in [0.1, 0.15) is 5.57 Å². The van der Waals surface area contributed by atoms with E-state index in [1.165, 1.54) is 6.08 Å². The minimum absolute atomic E-state index is 0.0872. The molecule has 1 aliphatic rings. The summed E-state index contributed by atoms with van der Waals surface area (Å²) >= 11 is 3.30. The van der Waals surface area contributed by atoms with Gasteiger partial charge in [-0.3, -0.25) is 14.9 Å². The number of halogens is 1. The molecule has 0 aliphatic carbocycles. The van der Waals surface area contributed by atoms with Crippen LogP contribution in [0.3, 0.4) is 0 Å². The molecule has 6 heteroatoms. The molecular formula is C17H11BrN2O3. The molecule has 1 fully saturated rings. The largest absolute Gasteiger partial charge is 0.335 e. The van der Waals surface area contributed by atoms with E-state index in [1.54, 1.807) is 48.5 Å². The van der Waals surface area contributed by atoms with Crippen LogP contribution in [0.2, 0.25) is 0 Å². The van der Waals surface area contributed by atoms with Crippen molar-refractivity contribution in [1.82, 2.24) is 5.32 Å². The molecule has 0 saturated carbocycles. The van der Waals surface area contributed by atoms with Crippen molar-refractivity contribution in [2.24, 2.45) is 0 Å². The van der Waals surface area contributed by atoms with Crippen molar-refractivity contribution in [3.05, 3.63) is 70.2 Å². The summed E-state index contributed by atoms with van der Waals surface area (Å²) in [5, 5.41) is 2.19. The Hall–Kier alpha value is -2.73. The fraction of sp³-hybridized carbons (Fsp3) is 0. The summed E-state index contributed by atoms with van der Waals surface area (Å²) in [6.45, 7) is 0. The molecule has 0 bridgehead atoms. The lowest BCUT2D eigenvalue weighted by Gasteiger charge is -2.26. The van der Waals surface area contributed by atoms with Crippen LogP contribution in [-0.4, -0.2) is 17.8 Å². The number of rotatable bonds is 2. The second kappa shape index (κ2) is 6.18. The van der Waals surface area contributed by atoms with Crippen LogP contribution in [-0.2, 0) is 9.59 Å². The lowest BCUT2D eigenvalue weighted by Crippen LogP contribution is -2.54. The van der Waals surface area contributed by atoms with E-state index in [0.29, 0.717) is 11.3 Å². The minimum Gasteiger partial charge on any atom is -0.273 e. The second-order valence-electron chi connectivity index (χ2n) is 4.85. The number of carbonyl (C=O) groups is 3. The fourth-order valence-corrected chi connectivity index (χ4v) is 2.61. The summed E-state index contributed by atoms with van der Waals surface area (Å²) in [6.07, 6.45) is 1.47. The van der Waals surface area contributed by atoms with E-state index in [0.717, 1.165) is 9.37 Å². The Morgan fingerprint density at radius 3 is 2.39 bits per heavy atom. The summed E-state index contributed by atoms with van der Waals surface area (Å²) in [4.78, 5) is 37.6. The molecule has 4 amide bonds. The molecule has 1 aliphatic heterocycles. The Kier molecular flexibility index (Phi) is 4.08. The number of amides is 4. The van der Waals surface area contributed by atoms with Gasteiger partial charge in [0.25, 0.3) is 11.8 Å². The summed E-state index contributed by atoms with van der Waals surface area (Å²) in [5.74, 6) is -1.35. The normalized spacial score (nSPS) is 16.7. The maximum atomic E-state index is 12.6. The molecule has 0 atom stereocenters. The Balaban J connectivity index is 2.03. The minimum atomic E-state index is -0.761. The summed E-state index contributed by atoms with van der Waals surface area (Å²) in [6, 6.07) is 15.0. The van der Waals surface area contributed by atoms with Gasteiger partial charge < -0.3 is 0 Å². The van der Waals surface area contributed by atoms with E-state index >= 15 is 0 Å². The van der Waals surface area contributed by atoms with Crippen LogP contribution in [0, 0.1) is 0 Å². The van der Waals surface area contributed by atoms with Crippen molar-refractivity contribution in [2.45, 2.75) is 0 Å². The van der Waals surface area contributed by atoms with Gasteiger partial charge in [-0.25, -0.2) is 9.69 Å². The summed E-state index contributed by atoms with van der Waals surface area (Å²) in [7, 11) is 0. The number of benzene rings is 2. The summed E-state index contributed by atoms with van der Waals surface area (Å²) in [5.41, 5.74) is 0.999. The first-order valence-corrected chi connectivity index (χ1v) is 7.57. The monoisotopic (exact) mass is 370 g/mol. The highest BCUT2D eigenvalue weighted by molar-refractivity contribution is 9.10. The second-order valence-corrected chi connectivity index (χ2v) is 5.76. The lowest BCUT2D eigenvalue weighted by molar-refractivity contribution is -0.122. The number of barbiturate groups is 1. The first kappa shape index (κ1) is 15.2. The highest BCUT2D eigenvalue weighted by Gasteiger charge is 2.36. The first-order chi connectivity index (χ1) is 11.1. The molecule has 5 nitrogen and oxygen atoms in total. The van der Waals surface area contributed by atoms with E-state index in [4.69, 9.17) is 0 Å². The Morgan fingerprint density at radius 2 is 1.70 bits per heavy atom. The quantitative estimate of drug-likeness (QED) is 0.652. The van der Waals surface area contributed by atoms with E-state index in [1.807, 2.05) is 6.07 Å². The highest BCUT2D eigenvalue weighted by atomic mass is 79.9. The highest BCUT2D eigenvalue weighted by Crippen LogP contribution is 2.24. The third-order valence-corrected chi connectivity index (χ3v) is 3.77. The molecule has 0 unspecified atom stereocenters. The third-order valence-electron chi connectivity index (χ3n) is 3.28. The average molecular weight is 371 g/mol. The van der Waals surface area contributed by atoms with Gasteiger partial charge in [0.05, 0.1) is 5.69 Å². The molecule has 1 N–H and O–H groups in total. The van der Waals surface area contributed by atoms with Gasteiger partial charge >= 0.3 is 6.03 Å². The molecule has 3 rings (SSSR count). The van der Waals surface area contributed by atoms with E-state index < -0.39 is 17.8 Å². The average Bonchev–Trinajstić information content (AvgIpc) is 2.52. The smallest absolute Gasteiger partial charge is 0.273 e. The summed E-state index contributed by atoms with van der Waals surface area (Å²) < 4.78 is 0.723. The standard InChI is InChI=1S/C17H11BrN2O3/c18-12-7-4-8-13(10-12)20-16(22)14(15(21)19-17(20)23)9-11-5-2-1-3-6-11/h1-10H,(H,19,21,23)/b14-9+. The van der Waals surface area contributed by atoms with Crippen molar-refractivity contribution >= 4 is 45.5 Å². The number of urea groups is 1. The Bertz CT molecular complexity index is 831. The number of imide groups is 2. The van der Waals surface area contributed by atoms with Gasteiger partial charge in [-0.05, 0) is 29.8 Å². The Morgan fingerprint density at radius 1 is 0.957 bits per heavy atom. The van der Waals surface area contributed by atoms with E-state index in [2.05, 4.69) is 21.2 Å². The maximum absolute atomic E-state index is 12.6. The van der Waals surface area contributed by atoms with Crippen molar-refractivity contribution < 1.29 is 14.4 Å². The first-order valence-electron chi connectivity index (χ1n) is 6.78. The van der Waals surface area contributed by atoms with Crippen LogP contribution in [0.1, 0.15) is 5.56 Å². The van der Waals surface area contributed by atoms with Crippen LogP contribution in [0.15, 0.2) is 64.6 Å². The third kappa shape index (κ3) is 3.07. The molecule has 2 aromatic carbocycles. The van der Waals surface area contributed by atoms with Crippen LogP contribution in [0.25, 0.3) is 6.08 Å². The molecule has 0 spiro atoms. The molecule has 23 heavy (non-hydrogen) atoms. The number of nitrogens with one attached hydrogen (secondary N) is 1. The molecule has 0 radical (unpaired) electrons. The molecule has 0 aromatic heterocycles. The topological polar surface area (TPSA) is 66.5 Å². The van der Waals surface area contributed by atoms with Gasteiger partial charge in [0.2, 0.25) is 0 Å². The Labute approximate surface area is 140 Å². The number of nitrogens with zero attached hydrogens (tertiary/aromatic N) is 1. The molecule has 1 saturated heterocycles. The van der Waals surface area contributed by atoms with Crippen LogP contribution in [0.4, 0.5) is 10.5 Å². The van der Waals surface area contributed by atoms with Gasteiger partial charge in [-0.1, -0.05) is 52.3 Å². The SMILES string of the molecule is O=C1NC(=O)N(c2cccc(Br)c2)C(=O)/C1=C/c1ccccc1. The number of hydrogen-bond acceptors (Lipinski definition) is 3. The van der Waals surface area contributed by atoms with Crippen LogP contribution in [0.5, 0.6) is 0 Å². The molecule has 1 heterocycles. The zero-order chi connectivity index (χ0) is 16.4.